The molecule has 0 spiro atoms. The zero-order chi connectivity index (χ0) is 13.1. The summed E-state index contributed by atoms with van der Waals surface area (Å²) in [6, 6.07) is 2.12. The van der Waals surface area contributed by atoms with E-state index in [2.05, 4.69) is 22.1 Å². The van der Waals surface area contributed by atoms with Crippen molar-refractivity contribution in [1.29, 1.82) is 0 Å². The molecule has 2 unspecified atom stereocenters. The fourth-order valence-electron chi connectivity index (χ4n) is 2.82. The molecule has 0 bridgehead atoms. The summed E-state index contributed by atoms with van der Waals surface area (Å²) in [5.74, 6) is 2.02. The van der Waals surface area contributed by atoms with Gasteiger partial charge in [-0.25, -0.2) is 0 Å². The van der Waals surface area contributed by atoms with Crippen LogP contribution in [0.1, 0.15) is 28.5 Å². The van der Waals surface area contributed by atoms with Gasteiger partial charge in [0.25, 0.3) is 0 Å². The standard InChI is InChI=1S/C14H20N2OS2.ClH/c17-14(16-6-2-10-1-5-15-9-10)13-11-3-7-18-12(11)4-8-19-13;/h3,7,10,13,15H,1-2,4-6,8-9H2,(H,16,17);1H. The average Bonchev–Trinajstić information content (AvgIpc) is 3.08. The predicted octanol–water partition coefficient (Wildman–Crippen LogP) is 2.62. The third-order valence-corrected chi connectivity index (χ3v) is 6.17. The van der Waals surface area contributed by atoms with E-state index in [0.717, 1.165) is 44.1 Å². The second-order valence-corrected chi connectivity index (χ2v) is 7.45. The number of nitrogens with one attached hydrogen (secondary N) is 2. The molecule has 1 aromatic heterocycles. The van der Waals surface area contributed by atoms with Crippen molar-refractivity contribution in [2.45, 2.75) is 24.5 Å². The first-order valence-corrected chi connectivity index (χ1v) is 8.94. The number of amides is 1. The molecule has 112 valence electrons. The largest absolute Gasteiger partial charge is 0.355 e. The van der Waals surface area contributed by atoms with Crippen molar-refractivity contribution >= 4 is 41.4 Å². The maximum Gasteiger partial charge on any atom is 0.237 e. The fourth-order valence-corrected chi connectivity index (χ4v) is 5.13. The van der Waals surface area contributed by atoms with Crippen LogP contribution in [-0.4, -0.2) is 31.3 Å². The Labute approximate surface area is 134 Å². The van der Waals surface area contributed by atoms with Crippen molar-refractivity contribution in [1.82, 2.24) is 10.6 Å². The van der Waals surface area contributed by atoms with Crippen molar-refractivity contribution in [2.24, 2.45) is 5.92 Å². The van der Waals surface area contributed by atoms with Crippen LogP contribution in [0.3, 0.4) is 0 Å². The molecule has 6 heteroatoms. The molecule has 2 aliphatic rings. The van der Waals surface area contributed by atoms with Crippen molar-refractivity contribution in [2.75, 3.05) is 25.4 Å². The smallest absolute Gasteiger partial charge is 0.237 e. The van der Waals surface area contributed by atoms with E-state index in [1.807, 2.05) is 0 Å². The van der Waals surface area contributed by atoms with Crippen LogP contribution in [0, 0.1) is 5.92 Å². The van der Waals surface area contributed by atoms with Crippen LogP contribution in [0.2, 0.25) is 0 Å². The second-order valence-electron chi connectivity index (χ2n) is 5.24. The Morgan fingerprint density at radius 1 is 1.50 bits per heavy atom. The number of aryl methyl sites for hydroxylation is 1. The summed E-state index contributed by atoms with van der Waals surface area (Å²) in [4.78, 5) is 13.7. The quantitative estimate of drug-likeness (QED) is 0.890. The summed E-state index contributed by atoms with van der Waals surface area (Å²) in [5, 5.41) is 8.63. The molecule has 3 rings (SSSR count). The molecule has 2 N–H and O–H groups in total. The van der Waals surface area contributed by atoms with Crippen molar-refractivity contribution in [3.8, 4) is 0 Å². The Morgan fingerprint density at radius 3 is 3.20 bits per heavy atom. The molecular formula is C14H21ClN2OS2. The average molecular weight is 333 g/mol. The highest BCUT2D eigenvalue weighted by Gasteiger charge is 2.27. The Morgan fingerprint density at radius 2 is 2.40 bits per heavy atom. The molecule has 0 saturated carbocycles. The molecule has 3 heterocycles. The zero-order valence-electron chi connectivity index (χ0n) is 11.4. The van der Waals surface area contributed by atoms with Gasteiger partial charge in [0.15, 0.2) is 0 Å². The zero-order valence-corrected chi connectivity index (χ0v) is 13.8. The number of fused-ring (bicyclic) bond motifs is 1. The second kappa shape index (κ2) is 7.69. The molecule has 0 aromatic carbocycles. The van der Waals surface area contributed by atoms with Gasteiger partial charge in [0.2, 0.25) is 5.91 Å². The highest BCUT2D eigenvalue weighted by atomic mass is 35.5. The molecule has 2 aliphatic heterocycles. The third-order valence-electron chi connectivity index (χ3n) is 3.93. The molecule has 0 aliphatic carbocycles. The van der Waals surface area contributed by atoms with E-state index in [4.69, 9.17) is 0 Å². The summed E-state index contributed by atoms with van der Waals surface area (Å²) in [7, 11) is 0. The molecular weight excluding hydrogens is 312 g/mol. The van der Waals surface area contributed by atoms with Crippen molar-refractivity contribution in [3.05, 3.63) is 21.9 Å². The molecule has 1 amide bonds. The number of halogens is 1. The highest BCUT2D eigenvalue weighted by Crippen LogP contribution is 2.39. The number of rotatable bonds is 4. The van der Waals surface area contributed by atoms with Gasteiger partial charge in [-0.15, -0.1) is 35.5 Å². The molecule has 1 saturated heterocycles. The van der Waals surface area contributed by atoms with E-state index in [-0.39, 0.29) is 23.6 Å². The van der Waals surface area contributed by atoms with Crippen LogP contribution in [0.5, 0.6) is 0 Å². The number of hydrogen-bond acceptors (Lipinski definition) is 4. The van der Waals surface area contributed by atoms with Crippen LogP contribution in [0.4, 0.5) is 0 Å². The minimum absolute atomic E-state index is 0. The highest BCUT2D eigenvalue weighted by molar-refractivity contribution is 8.00. The summed E-state index contributed by atoms with van der Waals surface area (Å²) >= 11 is 3.57. The number of carbonyl (C=O) groups excluding carboxylic acids is 1. The van der Waals surface area contributed by atoms with E-state index in [9.17, 15) is 4.79 Å². The lowest BCUT2D eigenvalue weighted by Gasteiger charge is -2.21. The summed E-state index contributed by atoms with van der Waals surface area (Å²) in [6.45, 7) is 3.07. The Balaban J connectivity index is 0.00000147. The number of thiophene rings is 1. The topological polar surface area (TPSA) is 41.1 Å². The van der Waals surface area contributed by atoms with Gasteiger partial charge in [0.05, 0.1) is 0 Å². The van der Waals surface area contributed by atoms with Crippen molar-refractivity contribution < 1.29 is 4.79 Å². The number of thioether (sulfide) groups is 1. The minimum atomic E-state index is 0. The molecule has 20 heavy (non-hydrogen) atoms. The van der Waals surface area contributed by atoms with Crippen molar-refractivity contribution in [3.63, 3.8) is 0 Å². The van der Waals surface area contributed by atoms with Gasteiger partial charge in [0.1, 0.15) is 5.25 Å². The predicted molar refractivity (Wildman–Crippen MR) is 89.1 cm³/mol. The van der Waals surface area contributed by atoms with Crippen LogP contribution < -0.4 is 10.6 Å². The maximum atomic E-state index is 12.3. The van der Waals surface area contributed by atoms with Gasteiger partial charge in [0, 0.05) is 11.4 Å². The summed E-state index contributed by atoms with van der Waals surface area (Å²) in [6.07, 6.45) is 3.48. The summed E-state index contributed by atoms with van der Waals surface area (Å²) in [5.41, 5.74) is 1.25. The van der Waals surface area contributed by atoms with E-state index < -0.39 is 0 Å². The van der Waals surface area contributed by atoms with Crippen LogP contribution in [0.25, 0.3) is 0 Å². The minimum Gasteiger partial charge on any atom is -0.355 e. The fraction of sp³-hybridized carbons (Fsp3) is 0.643. The Bertz CT molecular complexity index is 446. The lowest BCUT2D eigenvalue weighted by Crippen LogP contribution is -2.31. The maximum absolute atomic E-state index is 12.3. The van der Waals surface area contributed by atoms with Gasteiger partial charge >= 0.3 is 0 Å². The van der Waals surface area contributed by atoms with Crippen LogP contribution >= 0.6 is 35.5 Å². The first-order chi connectivity index (χ1) is 9.34. The Hall–Kier alpha value is -0.230. The van der Waals surface area contributed by atoms with E-state index in [1.165, 1.54) is 16.9 Å². The number of carbonyl (C=O) groups is 1. The SMILES string of the molecule is Cl.O=C(NCCC1CCNC1)C1SCCc2sccc21. The lowest BCUT2D eigenvalue weighted by molar-refractivity contribution is -0.120. The van der Waals surface area contributed by atoms with Gasteiger partial charge in [-0.1, -0.05) is 0 Å². The van der Waals surface area contributed by atoms with Gasteiger partial charge in [-0.3, -0.25) is 4.79 Å². The van der Waals surface area contributed by atoms with E-state index in [0.29, 0.717) is 0 Å². The summed E-state index contributed by atoms with van der Waals surface area (Å²) < 4.78 is 0. The first kappa shape index (κ1) is 16.1. The molecule has 1 fully saturated rings. The monoisotopic (exact) mass is 332 g/mol. The normalized spacial score (nSPS) is 24.8. The van der Waals surface area contributed by atoms with E-state index in [1.54, 1.807) is 23.1 Å². The van der Waals surface area contributed by atoms with E-state index >= 15 is 0 Å². The number of hydrogen-bond donors (Lipinski definition) is 2. The van der Waals surface area contributed by atoms with Crippen LogP contribution in [-0.2, 0) is 11.2 Å². The molecule has 0 radical (unpaired) electrons. The molecule has 1 aromatic rings. The lowest BCUT2D eigenvalue weighted by atomic mass is 10.1. The third kappa shape index (κ3) is 3.70. The van der Waals surface area contributed by atoms with Gasteiger partial charge in [-0.05, 0) is 61.0 Å². The van der Waals surface area contributed by atoms with Crippen LogP contribution in [0.15, 0.2) is 11.4 Å². The first-order valence-electron chi connectivity index (χ1n) is 7.01. The van der Waals surface area contributed by atoms with Gasteiger partial charge in [-0.2, -0.15) is 0 Å². The Kier molecular flexibility index (Phi) is 6.20. The molecule has 3 nitrogen and oxygen atoms in total. The molecule has 2 atom stereocenters. The van der Waals surface area contributed by atoms with Gasteiger partial charge < -0.3 is 10.6 Å².